The van der Waals surface area contributed by atoms with Crippen LogP contribution in [0.3, 0.4) is 0 Å². The van der Waals surface area contributed by atoms with E-state index in [1.165, 1.54) is 10.8 Å². The molecule has 1 saturated heterocycles. The molecule has 0 spiro atoms. The van der Waals surface area contributed by atoms with E-state index in [1.807, 2.05) is 41.3 Å². The molecule has 0 bridgehead atoms. The second-order valence-electron chi connectivity index (χ2n) is 8.33. The first kappa shape index (κ1) is 21.6. The summed E-state index contributed by atoms with van der Waals surface area (Å²) in [6.45, 7) is 4.08. The summed E-state index contributed by atoms with van der Waals surface area (Å²) < 4.78 is 5.33. The standard InChI is InChI=1S/C27H27N3O2S/c1-32-23-10-5-9-22(16-23)25-19-33-26(28-25)18-29-12-14-30(15-13-29)27(31)17-21-8-4-7-20-6-2-3-11-24(20)21/h2-11,16,19H,12-15,17-18H2,1H3. The van der Waals surface area contributed by atoms with Gasteiger partial charge in [0.2, 0.25) is 5.91 Å². The van der Waals surface area contributed by atoms with Gasteiger partial charge in [-0.25, -0.2) is 4.98 Å². The molecule has 1 aromatic heterocycles. The molecule has 6 heteroatoms. The summed E-state index contributed by atoms with van der Waals surface area (Å²) in [4.78, 5) is 22.2. The lowest BCUT2D eigenvalue weighted by Crippen LogP contribution is -2.48. The van der Waals surface area contributed by atoms with Crippen LogP contribution in [0.2, 0.25) is 0 Å². The highest BCUT2D eigenvalue weighted by Crippen LogP contribution is 2.26. The fourth-order valence-corrected chi connectivity index (χ4v) is 5.21. The predicted octanol–water partition coefficient (Wildman–Crippen LogP) is 4.86. The van der Waals surface area contributed by atoms with Crippen molar-refractivity contribution in [3.8, 4) is 17.0 Å². The first-order chi connectivity index (χ1) is 16.2. The van der Waals surface area contributed by atoms with Crippen LogP contribution < -0.4 is 4.74 Å². The molecule has 0 saturated carbocycles. The number of carbonyl (C=O) groups is 1. The Bertz CT molecular complexity index is 1260. The Balaban J connectivity index is 1.17. The average Bonchev–Trinajstić information content (AvgIpc) is 3.33. The van der Waals surface area contributed by atoms with Crippen LogP contribution in [0.25, 0.3) is 22.0 Å². The largest absolute Gasteiger partial charge is 0.497 e. The number of hydrogen-bond acceptors (Lipinski definition) is 5. The van der Waals surface area contributed by atoms with Crippen LogP contribution in [-0.4, -0.2) is 54.0 Å². The lowest BCUT2D eigenvalue weighted by Gasteiger charge is -2.34. The van der Waals surface area contributed by atoms with Gasteiger partial charge < -0.3 is 9.64 Å². The third-order valence-electron chi connectivity index (χ3n) is 6.22. The highest BCUT2D eigenvalue weighted by atomic mass is 32.1. The van der Waals surface area contributed by atoms with Crippen molar-refractivity contribution in [2.24, 2.45) is 0 Å². The number of carbonyl (C=O) groups excluding carboxylic acids is 1. The molecular formula is C27H27N3O2S. The third-order valence-corrected chi connectivity index (χ3v) is 7.06. The Morgan fingerprint density at radius 1 is 1.00 bits per heavy atom. The maximum Gasteiger partial charge on any atom is 0.227 e. The van der Waals surface area contributed by atoms with Crippen LogP contribution in [0.4, 0.5) is 0 Å². The van der Waals surface area contributed by atoms with Gasteiger partial charge >= 0.3 is 0 Å². The van der Waals surface area contributed by atoms with Crippen molar-refractivity contribution >= 4 is 28.0 Å². The fraction of sp³-hybridized carbons (Fsp3) is 0.259. The third kappa shape index (κ3) is 4.92. The zero-order valence-electron chi connectivity index (χ0n) is 18.7. The molecule has 0 atom stereocenters. The quantitative estimate of drug-likeness (QED) is 0.415. The number of methoxy groups -OCH3 is 1. The number of aromatic nitrogens is 1. The number of amides is 1. The zero-order valence-corrected chi connectivity index (χ0v) is 19.6. The predicted molar refractivity (Wildman–Crippen MR) is 134 cm³/mol. The minimum Gasteiger partial charge on any atom is -0.497 e. The Morgan fingerprint density at radius 3 is 2.64 bits per heavy atom. The van der Waals surface area contributed by atoms with E-state index in [1.54, 1.807) is 18.4 Å². The van der Waals surface area contributed by atoms with E-state index in [0.29, 0.717) is 6.42 Å². The Morgan fingerprint density at radius 2 is 1.79 bits per heavy atom. The van der Waals surface area contributed by atoms with E-state index < -0.39 is 0 Å². The summed E-state index contributed by atoms with van der Waals surface area (Å²) in [5, 5.41) is 5.56. The molecule has 2 heterocycles. The van der Waals surface area contributed by atoms with Crippen molar-refractivity contribution in [3.05, 3.63) is 82.7 Å². The molecule has 1 fully saturated rings. The van der Waals surface area contributed by atoms with Gasteiger partial charge in [0.15, 0.2) is 0 Å². The molecular weight excluding hydrogens is 430 g/mol. The van der Waals surface area contributed by atoms with Gasteiger partial charge in [-0.1, -0.05) is 54.6 Å². The average molecular weight is 458 g/mol. The molecule has 4 aromatic rings. The van der Waals surface area contributed by atoms with Crippen LogP contribution in [0.15, 0.2) is 72.1 Å². The minimum absolute atomic E-state index is 0.209. The number of hydrogen-bond donors (Lipinski definition) is 0. The monoisotopic (exact) mass is 457 g/mol. The second kappa shape index (κ2) is 9.73. The molecule has 1 aliphatic rings. The van der Waals surface area contributed by atoms with Crippen molar-refractivity contribution in [1.82, 2.24) is 14.8 Å². The Labute approximate surface area is 198 Å². The first-order valence-electron chi connectivity index (χ1n) is 11.3. The second-order valence-corrected chi connectivity index (χ2v) is 9.27. The van der Waals surface area contributed by atoms with E-state index in [-0.39, 0.29) is 5.91 Å². The zero-order chi connectivity index (χ0) is 22.6. The molecule has 33 heavy (non-hydrogen) atoms. The lowest BCUT2D eigenvalue weighted by atomic mass is 10.0. The van der Waals surface area contributed by atoms with Gasteiger partial charge in [-0.2, -0.15) is 0 Å². The molecule has 3 aromatic carbocycles. The molecule has 0 aliphatic carbocycles. The highest BCUT2D eigenvalue weighted by molar-refractivity contribution is 7.09. The highest BCUT2D eigenvalue weighted by Gasteiger charge is 2.22. The Kier molecular flexibility index (Phi) is 6.37. The Hall–Kier alpha value is -3.22. The van der Waals surface area contributed by atoms with Gasteiger partial charge in [0.05, 0.1) is 25.8 Å². The van der Waals surface area contributed by atoms with Crippen molar-refractivity contribution in [3.63, 3.8) is 0 Å². The van der Waals surface area contributed by atoms with Crippen molar-refractivity contribution in [2.45, 2.75) is 13.0 Å². The van der Waals surface area contributed by atoms with Crippen LogP contribution in [0, 0.1) is 0 Å². The normalized spacial score (nSPS) is 14.5. The van der Waals surface area contributed by atoms with Crippen LogP contribution in [-0.2, 0) is 17.8 Å². The summed E-state index contributed by atoms with van der Waals surface area (Å²) in [5.74, 6) is 1.05. The van der Waals surface area contributed by atoms with Gasteiger partial charge in [0.1, 0.15) is 10.8 Å². The smallest absolute Gasteiger partial charge is 0.227 e. The minimum atomic E-state index is 0.209. The lowest BCUT2D eigenvalue weighted by molar-refractivity contribution is -0.132. The van der Waals surface area contributed by atoms with Gasteiger partial charge in [0, 0.05) is 37.1 Å². The fourth-order valence-electron chi connectivity index (χ4n) is 4.37. The number of thiazole rings is 1. The molecule has 1 amide bonds. The van der Waals surface area contributed by atoms with Gasteiger partial charge in [-0.3, -0.25) is 9.69 Å². The molecule has 0 unspecified atom stereocenters. The molecule has 0 radical (unpaired) electrons. The van der Waals surface area contributed by atoms with Gasteiger partial charge in [0.25, 0.3) is 0 Å². The summed E-state index contributed by atoms with van der Waals surface area (Å²) in [7, 11) is 1.68. The van der Waals surface area contributed by atoms with E-state index in [4.69, 9.17) is 9.72 Å². The number of nitrogens with zero attached hydrogens (tertiary/aromatic N) is 3. The number of rotatable bonds is 6. The van der Waals surface area contributed by atoms with Crippen LogP contribution in [0.5, 0.6) is 5.75 Å². The number of piperazine rings is 1. The van der Waals surface area contributed by atoms with Crippen LogP contribution >= 0.6 is 11.3 Å². The number of fused-ring (bicyclic) bond motifs is 1. The summed E-state index contributed by atoms with van der Waals surface area (Å²) in [6, 6.07) is 22.5. The number of ether oxygens (including phenoxy) is 1. The van der Waals surface area contributed by atoms with Gasteiger partial charge in [-0.05, 0) is 28.5 Å². The molecule has 5 nitrogen and oxygen atoms in total. The topological polar surface area (TPSA) is 45.7 Å². The van der Waals surface area contributed by atoms with Crippen molar-refractivity contribution < 1.29 is 9.53 Å². The van der Waals surface area contributed by atoms with E-state index in [0.717, 1.165) is 60.3 Å². The molecule has 5 rings (SSSR count). The van der Waals surface area contributed by atoms with Crippen molar-refractivity contribution in [1.29, 1.82) is 0 Å². The first-order valence-corrected chi connectivity index (χ1v) is 12.1. The molecule has 1 aliphatic heterocycles. The summed E-state index contributed by atoms with van der Waals surface area (Å²) in [6.07, 6.45) is 0.456. The molecule has 0 N–H and O–H groups in total. The summed E-state index contributed by atoms with van der Waals surface area (Å²) in [5.41, 5.74) is 3.16. The summed E-state index contributed by atoms with van der Waals surface area (Å²) >= 11 is 1.69. The maximum atomic E-state index is 13.0. The van der Waals surface area contributed by atoms with E-state index >= 15 is 0 Å². The SMILES string of the molecule is COc1cccc(-c2csc(CN3CCN(C(=O)Cc4cccc5ccccc45)CC3)n2)c1. The maximum absolute atomic E-state index is 13.0. The van der Waals surface area contributed by atoms with E-state index in [2.05, 4.69) is 40.6 Å². The number of benzene rings is 3. The molecule has 168 valence electrons. The van der Waals surface area contributed by atoms with Gasteiger partial charge in [-0.15, -0.1) is 11.3 Å². The van der Waals surface area contributed by atoms with Crippen LogP contribution in [0.1, 0.15) is 10.6 Å². The van der Waals surface area contributed by atoms with Crippen molar-refractivity contribution in [2.75, 3.05) is 33.3 Å². The van der Waals surface area contributed by atoms with E-state index in [9.17, 15) is 4.79 Å².